The van der Waals surface area contributed by atoms with E-state index in [4.69, 9.17) is 4.42 Å². The van der Waals surface area contributed by atoms with E-state index in [1.807, 2.05) is 31.5 Å². The highest BCUT2D eigenvalue weighted by Gasteiger charge is 2.18. The lowest BCUT2D eigenvalue weighted by molar-refractivity contribution is 0.0962. The van der Waals surface area contributed by atoms with Crippen LogP contribution in [0.3, 0.4) is 0 Å². The van der Waals surface area contributed by atoms with E-state index in [1.165, 1.54) is 0 Å². The Morgan fingerprint density at radius 3 is 2.74 bits per heavy atom. The molecule has 0 atom stereocenters. The Morgan fingerprint density at radius 2 is 2.16 bits per heavy atom. The quantitative estimate of drug-likeness (QED) is 0.790. The molecule has 0 N–H and O–H groups in total. The average Bonchev–Trinajstić information content (AvgIpc) is 2.98. The summed E-state index contributed by atoms with van der Waals surface area (Å²) in [5.74, 6) is 1.24. The van der Waals surface area contributed by atoms with Gasteiger partial charge >= 0.3 is 0 Å². The lowest BCUT2D eigenvalue weighted by Gasteiger charge is -2.03. The number of Topliss-reactive ketones (excluding diaryl/α,β-unsaturated/α-hetero) is 1. The number of nitrogens with zero attached hydrogens (tertiary/aromatic N) is 2. The number of aryl methyl sites for hydroxylation is 3. The van der Waals surface area contributed by atoms with Crippen molar-refractivity contribution in [3.63, 3.8) is 0 Å². The molecule has 2 aromatic rings. The van der Waals surface area contributed by atoms with E-state index in [1.54, 1.807) is 6.07 Å². The molecule has 0 fully saturated rings. The number of halogens is 1. The molecule has 102 valence electrons. The smallest absolute Gasteiger partial charge is 0.203 e. The van der Waals surface area contributed by atoms with Gasteiger partial charge in [0.1, 0.15) is 5.76 Å². The number of carbonyl (C=O) groups excluding carboxylic acids is 1. The van der Waals surface area contributed by atoms with Gasteiger partial charge in [0.05, 0.1) is 22.3 Å². The normalized spacial score (nSPS) is 10.9. The van der Waals surface area contributed by atoms with Crippen LogP contribution in [0.25, 0.3) is 0 Å². The number of aromatic nitrogens is 2. The number of rotatable bonds is 5. The van der Waals surface area contributed by atoms with E-state index < -0.39 is 0 Å². The summed E-state index contributed by atoms with van der Waals surface area (Å²) < 4.78 is 8.25. The molecule has 0 saturated carbocycles. The van der Waals surface area contributed by atoms with Crippen molar-refractivity contribution in [3.05, 3.63) is 39.5 Å². The van der Waals surface area contributed by atoms with E-state index in [0.29, 0.717) is 12.2 Å². The van der Waals surface area contributed by atoms with Crippen LogP contribution < -0.4 is 0 Å². The summed E-state index contributed by atoms with van der Waals surface area (Å²) in [4.78, 5) is 12.2. The molecule has 2 rings (SSSR count). The van der Waals surface area contributed by atoms with Gasteiger partial charge in [-0.05, 0) is 41.9 Å². The maximum Gasteiger partial charge on any atom is 0.203 e. The van der Waals surface area contributed by atoms with Crippen molar-refractivity contribution in [3.8, 4) is 0 Å². The summed E-state index contributed by atoms with van der Waals surface area (Å²) >= 11 is 3.50. The van der Waals surface area contributed by atoms with Crippen LogP contribution in [0.15, 0.2) is 21.0 Å². The van der Waals surface area contributed by atoms with Crippen molar-refractivity contribution in [2.45, 2.75) is 40.2 Å². The molecule has 0 spiro atoms. The van der Waals surface area contributed by atoms with Gasteiger partial charge in [0.25, 0.3) is 0 Å². The van der Waals surface area contributed by atoms with E-state index >= 15 is 0 Å². The van der Waals surface area contributed by atoms with Crippen LogP contribution in [-0.2, 0) is 19.4 Å². The molecule has 19 heavy (non-hydrogen) atoms. The van der Waals surface area contributed by atoms with E-state index in [9.17, 15) is 4.79 Å². The minimum absolute atomic E-state index is 0.0185. The summed E-state index contributed by atoms with van der Waals surface area (Å²) in [5, 5.41) is 4.38. The number of hydrogen-bond donors (Lipinski definition) is 0. The Bertz CT molecular complexity index is 599. The Balaban J connectivity index is 2.23. The molecule has 0 saturated heterocycles. The maximum atomic E-state index is 12.2. The third-order valence-corrected chi connectivity index (χ3v) is 4.10. The molecular formula is C14H17BrN2O2. The summed E-state index contributed by atoms with van der Waals surface area (Å²) in [6, 6.07) is 3.60. The Morgan fingerprint density at radius 1 is 1.42 bits per heavy atom. The molecule has 4 nitrogen and oxygen atoms in total. The Hall–Kier alpha value is -1.36. The van der Waals surface area contributed by atoms with Gasteiger partial charge in [-0.1, -0.05) is 6.92 Å². The lowest BCUT2D eigenvalue weighted by atomic mass is 10.1. The van der Waals surface area contributed by atoms with Gasteiger partial charge in [-0.25, -0.2) is 0 Å². The molecule has 0 aliphatic heterocycles. The van der Waals surface area contributed by atoms with Crippen LogP contribution >= 0.6 is 15.9 Å². The van der Waals surface area contributed by atoms with Crippen LogP contribution in [-0.4, -0.2) is 15.6 Å². The zero-order valence-electron chi connectivity index (χ0n) is 11.4. The third kappa shape index (κ3) is 2.81. The lowest BCUT2D eigenvalue weighted by Crippen LogP contribution is -2.09. The van der Waals surface area contributed by atoms with Gasteiger partial charge < -0.3 is 4.42 Å². The fourth-order valence-corrected chi connectivity index (χ4v) is 2.42. The SMILES string of the molecule is CCc1ccc(C(=O)Cc2c(Br)c(C)nn2CC)o1. The summed E-state index contributed by atoms with van der Waals surface area (Å²) in [5.41, 5.74) is 1.80. The zero-order chi connectivity index (χ0) is 14.0. The Kier molecular flexibility index (Phi) is 4.24. The minimum atomic E-state index is -0.0185. The highest BCUT2D eigenvalue weighted by atomic mass is 79.9. The van der Waals surface area contributed by atoms with Gasteiger partial charge in [-0.3, -0.25) is 9.48 Å². The second kappa shape index (κ2) is 5.74. The largest absolute Gasteiger partial charge is 0.458 e. The molecule has 0 amide bonds. The van der Waals surface area contributed by atoms with Crippen molar-refractivity contribution in [2.75, 3.05) is 0 Å². The van der Waals surface area contributed by atoms with Crippen LogP contribution in [0.2, 0.25) is 0 Å². The molecule has 2 heterocycles. The molecular weight excluding hydrogens is 308 g/mol. The summed E-state index contributed by atoms with van der Waals surface area (Å²) in [6.07, 6.45) is 1.09. The fourth-order valence-electron chi connectivity index (χ4n) is 1.99. The first kappa shape index (κ1) is 14.1. The Labute approximate surface area is 120 Å². The van der Waals surface area contributed by atoms with Gasteiger partial charge in [0.15, 0.2) is 5.76 Å². The van der Waals surface area contributed by atoms with E-state index in [0.717, 1.165) is 34.6 Å². The average molecular weight is 325 g/mol. The van der Waals surface area contributed by atoms with E-state index in [-0.39, 0.29) is 5.78 Å². The first-order valence-corrected chi connectivity index (χ1v) is 7.19. The number of furan rings is 1. The van der Waals surface area contributed by atoms with Crippen LogP contribution in [0.4, 0.5) is 0 Å². The standard InChI is InChI=1S/C14H17BrN2O2/c1-4-10-6-7-13(19-10)12(18)8-11-14(15)9(3)16-17(11)5-2/h6-7H,4-5,8H2,1-3H3. The minimum Gasteiger partial charge on any atom is -0.458 e. The van der Waals surface area contributed by atoms with Gasteiger partial charge in [-0.2, -0.15) is 5.10 Å². The predicted molar refractivity (Wildman–Crippen MR) is 76.5 cm³/mol. The van der Waals surface area contributed by atoms with Gasteiger partial charge in [-0.15, -0.1) is 0 Å². The molecule has 5 heteroatoms. The van der Waals surface area contributed by atoms with Crippen molar-refractivity contribution >= 4 is 21.7 Å². The molecule has 0 aliphatic rings. The van der Waals surface area contributed by atoms with Crippen LogP contribution in [0.1, 0.15) is 41.6 Å². The monoisotopic (exact) mass is 324 g/mol. The second-order valence-electron chi connectivity index (χ2n) is 4.38. The summed E-state index contributed by atoms with van der Waals surface area (Å²) in [6.45, 7) is 6.67. The predicted octanol–water partition coefficient (Wildman–Crippen LogP) is 3.55. The zero-order valence-corrected chi connectivity index (χ0v) is 13.0. The van der Waals surface area contributed by atoms with E-state index in [2.05, 4.69) is 21.0 Å². The van der Waals surface area contributed by atoms with Crippen molar-refractivity contribution < 1.29 is 9.21 Å². The number of hydrogen-bond acceptors (Lipinski definition) is 3. The molecule has 0 bridgehead atoms. The molecule has 0 radical (unpaired) electrons. The first-order chi connectivity index (χ1) is 9.06. The van der Waals surface area contributed by atoms with Crippen molar-refractivity contribution in [1.82, 2.24) is 9.78 Å². The maximum absolute atomic E-state index is 12.2. The topological polar surface area (TPSA) is 48.0 Å². The second-order valence-corrected chi connectivity index (χ2v) is 5.17. The molecule has 2 aromatic heterocycles. The molecule has 0 aliphatic carbocycles. The van der Waals surface area contributed by atoms with Crippen LogP contribution in [0, 0.1) is 6.92 Å². The molecule has 0 unspecified atom stereocenters. The number of carbonyl (C=O) groups is 1. The van der Waals surface area contributed by atoms with Crippen LogP contribution in [0.5, 0.6) is 0 Å². The highest BCUT2D eigenvalue weighted by Crippen LogP contribution is 2.23. The number of ketones is 1. The fraction of sp³-hybridized carbons (Fsp3) is 0.429. The van der Waals surface area contributed by atoms with Gasteiger partial charge in [0.2, 0.25) is 5.78 Å². The third-order valence-electron chi connectivity index (χ3n) is 3.07. The van der Waals surface area contributed by atoms with Crippen molar-refractivity contribution in [2.24, 2.45) is 0 Å². The van der Waals surface area contributed by atoms with Crippen molar-refractivity contribution in [1.29, 1.82) is 0 Å². The summed E-state index contributed by atoms with van der Waals surface area (Å²) in [7, 11) is 0. The molecule has 0 aromatic carbocycles. The highest BCUT2D eigenvalue weighted by molar-refractivity contribution is 9.10. The van der Waals surface area contributed by atoms with Gasteiger partial charge in [0, 0.05) is 13.0 Å². The first-order valence-electron chi connectivity index (χ1n) is 6.40.